The van der Waals surface area contributed by atoms with Crippen LogP contribution in [0, 0.1) is 22.7 Å². The van der Waals surface area contributed by atoms with Crippen LogP contribution in [0.4, 0.5) is 5.69 Å². The lowest BCUT2D eigenvalue weighted by atomic mass is 10.1. The van der Waals surface area contributed by atoms with Crippen molar-refractivity contribution >= 4 is 34.9 Å². The molecule has 7 heteroatoms. The fourth-order valence-electron chi connectivity index (χ4n) is 2.64. The number of hydrogen-bond donors (Lipinski definition) is 2. The van der Waals surface area contributed by atoms with Crippen molar-refractivity contribution in [2.45, 2.75) is 18.2 Å². The number of aryl methyl sites for hydroxylation is 1. The zero-order chi connectivity index (χ0) is 20.1. The van der Waals surface area contributed by atoms with E-state index < -0.39 is 5.97 Å². The molecule has 0 amide bonds. The Kier molecular flexibility index (Phi) is 6.00. The van der Waals surface area contributed by atoms with Gasteiger partial charge >= 0.3 is 5.97 Å². The van der Waals surface area contributed by atoms with E-state index in [2.05, 4.69) is 16.9 Å². The van der Waals surface area contributed by atoms with E-state index in [1.54, 1.807) is 30.3 Å². The third kappa shape index (κ3) is 4.17. The molecule has 0 unspecified atom stereocenters. The largest absolute Gasteiger partial charge is 0.478 e. The molecule has 0 saturated heterocycles. The zero-order valence-electron chi connectivity index (χ0n) is 14.9. The molecule has 0 fully saturated rings. The Morgan fingerprint density at radius 1 is 1.14 bits per heavy atom. The topological polar surface area (TPSA) is 96.9 Å². The first-order valence-electron chi connectivity index (χ1n) is 8.39. The Morgan fingerprint density at radius 2 is 1.96 bits per heavy atom. The second kappa shape index (κ2) is 8.62. The van der Waals surface area contributed by atoms with Crippen LogP contribution in [-0.2, 0) is 6.42 Å². The van der Waals surface area contributed by atoms with Crippen LogP contribution in [0.15, 0.2) is 53.4 Å². The van der Waals surface area contributed by atoms with Gasteiger partial charge in [-0.05, 0) is 60.3 Å². The number of anilines is 1. The van der Waals surface area contributed by atoms with Gasteiger partial charge in [0.25, 0.3) is 0 Å². The summed E-state index contributed by atoms with van der Waals surface area (Å²) in [7, 11) is 0. The van der Waals surface area contributed by atoms with Crippen molar-refractivity contribution in [3.63, 3.8) is 0 Å². The lowest BCUT2D eigenvalue weighted by Crippen LogP contribution is -1.99. The molecule has 138 valence electrons. The van der Waals surface area contributed by atoms with E-state index in [9.17, 15) is 15.2 Å². The van der Waals surface area contributed by atoms with Gasteiger partial charge in [0.15, 0.2) is 0 Å². The van der Waals surface area contributed by atoms with Gasteiger partial charge < -0.3 is 9.83 Å². The maximum Gasteiger partial charge on any atom is 0.335 e. The monoisotopic (exact) mass is 405 g/mol. The zero-order valence-corrected chi connectivity index (χ0v) is 16.5. The quantitative estimate of drug-likeness (QED) is 0.523. The molecule has 0 bridgehead atoms. The van der Waals surface area contributed by atoms with E-state index in [0.717, 1.165) is 33.0 Å². The number of nitrogens with zero attached hydrogens (tertiary/aromatic N) is 2. The van der Waals surface area contributed by atoms with Crippen molar-refractivity contribution in [2.24, 2.45) is 0 Å². The Bertz CT molecular complexity index is 1120. The van der Waals surface area contributed by atoms with Gasteiger partial charge in [-0.3, -0.25) is 0 Å². The summed E-state index contributed by atoms with van der Waals surface area (Å²) in [5.74, 6) is -0.973. The van der Waals surface area contributed by atoms with Crippen LogP contribution in [0.3, 0.4) is 0 Å². The van der Waals surface area contributed by atoms with Gasteiger partial charge in [-0.2, -0.15) is 10.5 Å². The molecule has 0 saturated carbocycles. The molecule has 0 radical (unpaired) electrons. The second-order valence-corrected chi connectivity index (χ2v) is 7.77. The van der Waals surface area contributed by atoms with Crippen molar-refractivity contribution in [1.29, 1.82) is 10.5 Å². The van der Waals surface area contributed by atoms with E-state index in [1.807, 2.05) is 25.1 Å². The summed E-state index contributed by atoms with van der Waals surface area (Å²) < 4.78 is 3.27. The molecule has 1 aromatic heterocycles. The normalized spacial score (nSPS) is 10.1. The summed E-state index contributed by atoms with van der Waals surface area (Å²) in [5.41, 5.74) is 3.38. The number of benzene rings is 2. The molecule has 0 atom stereocenters. The lowest BCUT2D eigenvalue weighted by Gasteiger charge is -2.13. The van der Waals surface area contributed by atoms with E-state index >= 15 is 0 Å². The predicted molar refractivity (Wildman–Crippen MR) is 111 cm³/mol. The van der Waals surface area contributed by atoms with Crippen molar-refractivity contribution in [2.75, 3.05) is 4.72 Å². The average molecular weight is 406 g/mol. The van der Waals surface area contributed by atoms with E-state index in [0.29, 0.717) is 10.4 Å². The molecule has 0 aliphatic rings. The number of thiophene rings is 1. The van der Waals surface area contributed by atoms with Crippen LogP contribution < -0.4 is 4.72 Å². The van der Waals surface area contributed by atoms with Crippen molar-refractivity contribution in [1.82, 2.24) is 0 Å². The fraction of sp³-hybridized carbons (Fsp3) is 0.0952. The number of nitriles is 2. The SMILES string of the molecule is CCc1ccc(C(=O)O)cc1SNc1cc(C#N)ccc1-c1ccc(C#N)s1. The predicted octanol–water partition coefficient (Wildman–Crippen LogP) is 5.54. The van der Waals surface area contributed by atoms with Crippen LogP contribution in [0.5, 0.6) is 0 Å². The number of carboxylic acids is 1. The minimum Gasteiger partial charge on any atom is -0.478 e. The van der Waals surface area contributed by atoms with Gasteiger partial charge in [0.05, 0.1) is 22.9 Å². The number of aromatic carboxylic acids is 1. The number of carbonyl (C=O) groups is 1. The summed E-state index contributed by atoms with van der Waals surface area (Å²) in [6.07, 6.45) is 0.769. The van der Waals surface area contributed by atoms with Gasteiger partial charge in [-0.15, -0.1) is 11.3 Å². The Morgan fingerprint density at radius 3 is 2.61 bits per heavy atom. The standard InChI is InChI=1S/C21H15N3O2S2/c1-2-14-4-5-15(21(25)26)10-20(14)28-24-18-9-13(11-22)3-7-17(18)19-8-6-16(12-23)27-19/h3-10,24H,2H2,1H3,(H,25,26). The smallest absolute Gasteiger partial charge is 0.335 e. The number of nitrogens with one attached hydrogen (secondary N) is 1. The Hall–Kier alpha value is -3.26. The number of carboxylic acid groups (broad SMARTS) is 1. The van der Waals surface area contributed by atoms with Crippen LogP contribution >= 0.6 is 23.3 Å². The van der Waals surface area contributed by atoms with Crippen molar-refractivity contribution in [3.8, 4) is 22.6 Å². The highest BCUT2D eigenvalue weighted by Gasteiger charge is 2.12. The number of rotatable bonds is 6. The maximum atomic E-state index is 11.3. The van der Waals surface area contributed by atoms with Crippen molar-refractivity contribution in [3.05, 3.63) is 70.1 Å². The van der Waals surface area contributed by atoms with Crippen molar-refractivity contribution < 1.29 is 9.90 Å². The van der Waals surface area contributed by atoms with Gasteiger partial charge in [0.2, 0.25) is 0 Å². The van der Waals surface area contributed by atoms with Crippen LogP contribution in [0.1, 0.15) is 33.3 Å². The first-order valence-corrected chi connectivity index (χ1v) is 10.0. The minimum atomic E-state index is -0.973. The van der Waals surface area contributed by atoms with E-state index in [-0.39, 0.29) is 5.56 Å². The third-order valence-electron chi connectivity index (χ3n) is 4.10. The fourth-order valence-corrected chi connectivity index (χ4v) is 4.40. The highest BCUT2D eigenvalue weighted by molar-refractivity contribution is 8.00. The molecule has 0 aliphatic heterocycles. The summed E-state index contributed by atoms with van der Waals surface area (Å²) in [5, 5.41) is 27.6. The molecular formula is C21H15N3O2S2. The molecule has 1 heterocycles. The average Bonchev–Trinajstić information content (AvgIpc) is 3.20. The molecule has 3 rings (SSSR count). The van der Waals surface area contributed by atoms with Crippen LogP contribution in [-0.4, -0.2) is 11.1 Å². The lowest BCUT2D eigenvalue weighted by molar-refractivity contribution is 0.0696. The first kappa shape index (κ1) is 19.5. The first-order chi connectivity index (χ1) is 13.5. The molecule has 0 spiro atoms. The molecule has 5 nitrogen and oxygen atoms in total. The summed E-state index contributed by atoms with van der Waals surface area (Å²) in [6, 6.07) is 18.3. The molecule has 2 N–H and O–H groups in total. The summed E-state index contributed by atoms with van der Waals surface area (Å²) >= 11 is 2.69. The maximum absolute atomic E-state index is 11.3. The van der Waals surface area contributed by atoms with E-state index in [1.165, 1.54) is 23.3 Å². The molecule has 3 aromatic rings. The van der Waals surface area contributed by atoms with Gasteiger partial charge in [-0.1, -0.05) is 19.1 Å². The number of hydrogen-bond acceptors (Lipinski definition) is 6. The van der Waals surface area contributed by atoms with Crippen LogP contribution in [0.25, 0.3) is 10.4 Å². The molecule has 2 aromatic carbocycles. The van der Waals surface area contributed by atoms with E-state index in [4.69, 9.17) is 5.26 Å². The highest BCUT2D eigenvalue weighted by Crippen LogP contribution is 2.37. The molecule has 0 aliphatic carbocycles. The molecule has 28 heavy (non-hydrogen) atoms. The summed E-state index contributed by atoms with van der Waals surface area (Å²) in [4.78, 5) is 13.6. The Balaban J connectivity index is 1.96. The summed E-state index contributed by atoms with van der Waals surface area (Å²) in [6.45, 7) is 2.01. The Labute approximate surface area is 171 Å². The van der Waals surface area contributed by atoms with Gasteiger partial charge in [0, 0.05) is 15.3 Å². The van der Waals surface area contributed by atoms with Gasteiger partial charge in [-0.25, -0.2) is 4.79 Å². The van der Waals surface area contributed by atoms with Gasteiger partial charge in [0.1, 0.15) is 10.9 Å². The third-order valence-corrected chi connectivity index (χ3v) is 6.04. The molecular weight excluding hydrogens is 390 g/mol. The minimum absolute atomic E-state index is 0.226. The highest BCUT2D eigenvalue weighted by atomic mass is 32.2. The second-order valence-electron chi connectivity index (χ2n) is 5.83. The van der Waals surface area contributed by atoms with Crippen LogP contribution in [0.2, 0.25) is 0 Å².